The first-order valence-corrected chi connectivity index (χ1v) is 8.28. The molecule has 1 aliphatic heterocycles. The largest absolute Gasteiger partial charge is 0.468 e. The number of fused-ring (bicyclic) bond motifs is 1. The molecule has 0 aliphatic carbocycles. The number of nitrogens with zero attached hydrogens (tertiary/aromatic N) is 2. The molecular formula is C16H17BrN4O3. The Labute approximate surface area is 147 Å². The van der Waals surface area contributed by atoms with Crippen molar-refractivity contribution in [1.29, 1.82) is 0 Å². The third-order valence-electron chi connectivity index (χ3n) is 3.98. The van der Waals surface area contributed by atoms with E-state index in [1.807, 2.05) is 24.3 Å². The molecule has 2 N–H and O–H groups in total. The number of imidazole rings is 1. The van der Waals surface area contributed by atoms with E-state index < -0.39 is 5.97 Å². The molecule has 1 aromatic heterocycles. The molecule has 126 valence electrons. The fourth-order valence-electron chi connectivity index (χ4n) is 2.80. The second-order valence-electron chi connectivity index (χ2n) is 5.40. The SMILES string of the molecule is COC(=O)CNC(=O)N1CCc2[nH]cnc2[C@@H]1c1ccc(Br)cc1. The fraction of sp³-hybridized carbons (Fsp3) is 0.312. The molecule has 1 aliphatic rings. The number of esters is 1. The first-order chi connectivity index (χ1) is 11.6. The average Bonchev–Trinajstić information content (AvgIpc) is 3.08. The van der Waals surface area contributed by atoms with Crippen molar-refractivity contribution >= 4 is 27.9 Å². The van der Waals surface area contributed by atoms with Crippen molar-refractivity contribution in [3.05, 3.63) is 52.0 Å². The standard InChI is InChI=1S/C16H17BrN4O3/c1-24-13(22)8-18-16(23)21-7-6-12-14(20-9-19-12)15(21)10-2-4-11(17)5-3-10/h2-5,9,15H,6-8H2,1H3,(H,18,23)(H,19,20)/t15-/m0/s1. The van der Waals surface area contributed by atoms with Crippen LogP contribution in [0.25, 0.3) is 0 Å². The van der Waals surface area contributed by atoms with Gasteiger partial charge in [-0.3, -0.25) is 4.79 Å². The number of urea groups is 1. The number of nitrogens with one attached hydrogen (secondary N) is 2. The van der Waals surface area contributed by atoms with Crippen LogP contribution in [0.15, 0.2) is 35.1 Å². The second kappa shape index (κ2) is 7.04. The quantitative estimate of drug-likeness (QED) is 0.781. The van der Waals surface area contributed by atoms with Gasteiger partial charge in [-0.25, -0.2) is 9.78 Å². The summed E-state index contributed by atoms with van der Waals surface area (Å²) in [4.78, 5) is 33.1. The van der Waals surface area contributed by atoms with E-state index in [4.69, 9.17) is 0 Å². The summed E-state index contributed by atoms with van der Waals surface area (Å²) in [6.45, 7) is 0.370. The molecule has 0 saturated carbocycles. The smallest absolute Gasteiger partial charge is 0.325 e. The lowest BCUT2D eigenvalue weighted by atomic mass is 9.96. The van der Waals surface area contributed by atoms with Crippen LogP contribution in [-0.2, 0) is 16.0 Å². The van der Waals surface area contributed by atoms with Gasteiger partial charge < -0.3 is 19.9 Å². The lowest BCUT2D eigenvalue weighted by molar-refractivity contribution is -0.139. The zero-order valence-corrected chi connectivity index (χ0v) is 14.7. The summed E-state index contributed by atoms with van der Waals surface area (Å²) in [6.07, 6.45) is 2.33. The first-order valence-electron chi connectivity index (χ1n) is 7.49. The normalized spacial score (nSPS) is 16.4. The summed E-state index contributed by atoms with van der Waals surface area (Å²) in [5.41, 5.74) is 2.82. The predicted molar refractivity (Wildman–Crippen MR) is 90.4 cm³/mol. The number of benzene rings is 1. The average molecular weight is 393 g/mol. The molecule has 1 atom stereocenters. The van der Waals surface area contributed by atoms with Crippen LogP contribution in [0.5, 0.6) is 0 Å². The van der Waals surface area contributed by atoms with Crippen LogP contribution < -0.4 is 5.32 Å². The topological polar surface area (TPSA) is 87.3 Å². The van der Waals surface area contributed by atoms with Gasteiger partial charge in [0.25, 0.3) is 0 Å². The zero-order valence-electron chi connectivity index (χ0n) is 13.1. The molecule has 24 heavy (non-hydrogen) atoms. The number of H-pyrrole nitrogens is 1. The van der Waals surface area contributed by atoms with E-state index in [-0.39, 0.29) is 18.6 Å². The number of hydrogen-bond acceptors (Lipinski definition) is 4. The Kier molecular flexibility index (Phi) is 4.84. The highest BCUT2D eigenvalue weighted by atomic mass is 79.9. The Balaban J connectivity index is 1.88. The molecule has 0 saturated heterocycles. The number of methoxy groups -OCH3 is 1. The monoisotopic (exact) mass is 392 g/mol. The van der Waals surface area contributed by atoms with Gasteiger partial charge in [0.05, 0.1) is 19.1 Å². The van der Waals surface area contributed by atoms with Crippen LogP contribution in [0.4, 0.5) is 4.79 Å². The minimum absolute atomic E-state index is 0.160. The molecule has 0 spiro atoms. The molecular weight excluding hydrogens is 376 g/mol. The van der Waals surface area contributed by atoms with E-state index >= 15 is 0 Å². The summed E-state index contributed by atoms with van der Waals surface area (Å²) in [5.74, 6) is -0.485. The van der Waals surface area contributed by atoms with E-state index in [0.29, 0.717) is 13.0 Å². The molecule has 0 unspecified atom stereocenters. The van der Waals surface area contributed by atoms with Crippen molar-refractivity contribution in [2.45, 2.75) is 12.5 Å². The number of ether oxygens (including phenoxy) is 1. The number of aromatic amines is 1. The molecule has 7 nitrogen and oxygen atoms in total. The van der Waals surface area contributed by atoms with E-state index in [2.05, 4.69) is 36.0 Å². The minimum Gasteiger partial charge on any atom is -0.468 e. The molecule has 0 radical (unpaired) electrons. The van der Waals surface area contributed by atoms with Gasteiger partial charge >= 0.3 is 12.0 Å². The predicted octanol–water partition coefficient (Wildman–Crippen LogP) is 2.00. The van der Waals surface area contributed by atoms with Crippen LogP contribution in [0.2, 0.25) is 0 Å². The Morgan fingerprint density at radius 1 is 1.42 bits per heavy atom. The third kappa shape index (κ3) is 3.28. The highest BCUT2D eigenvalue weighted by molar-refractivity contribution is 9.10. The molecule has 2 amide bonds. The van der Waals surface area contributed by atoms with Crippen LogP contribution >= 0.6 is 15.9 Å². The van der Waals surface area contributed by atoms with Crippen LogP contribution in [-0.4, -0.2) is 47.1 Å². The van der Waals surface area contributed by atoms with Gasteiger partial charge in [-0.05, 0) is 17.7 Å². The van der Waals surface area contributed by atoms with Gasteiger partial charge in [0.2, 0.25) is 0 Å². The van der Waals surface area contributed by atoms with Crippen molar-refractivity contribution in [3.63, 3.8) is 0 Å². The van der Waals surface area contributed by atoms with E-state index in [9.17, 15) is 9.59 Å². The molecule has 0 bridgehead atoms. The van der Waals surface area contributed by atoms with Gasteiger partial charge in [0.15, 0.2) is 0 Å². The van der Waals surface area contributed by atoms with Gasteiger partial charge in [-0.15, -0.1) is 0 Å². The fourth-order valence-corrected chi connectivity index (χ4v) is 3.06. The van der Waals surface area contributed by atoms with Crippen molar-refractivity contribution < 1.29 is 14.3 Å². The highest BCUT2D eigenvalue weighted by Crippen LogP contribution is 2.33. The summed E-state index contributed by atoms with van der Waals surface area (Å²) in [5, 5.41) is 2.60. The summed E-state index contributed by atoms with van der Waals surface area (Å²) in [6, 6.07) is 7.16. The van der Waals surface area contributed by atoms with Crippen LogP contribution in [0, 0.1) is 0 Å². The number of amides is 2. The molecule has 8 heteroatoms. The van der Waals surface area contributed by atoms with E-state index in [0.717, 1.165) is 21.4 Å². The molecule has 1 aromatic carbocycles. The van der Waals surface area contributed by atoms with E-state index in [1.165, 1.54) is 7.11 Å². The number of carbonyl (C=O) groups excluding carboxylic acids is 2. The summed E-state index contributed by atoms with van der Waals surface area (Å²) in [7, 11) is 1.29. The lowest BCUT2D eigenvalue weighted by Crippen LogP contribution is -2.47. The van der Waals surface area contributed by atoms with Crippen molar-refractivity contribution in [2.75, 3.05) is 20.2 Å². The summed E-state index contributed by atoms with van der Waals surface area (Å²) >= 11 is 3.42. The van der Waals surface area contributed by atoms with Gasteiger partial charge in [-0.1, -0.05) is 28.1 Å². The lowest BCUT2D eigenvalue weighted by Gasteiger charge is -2.35. The van der Waals surface area contributed by atoms with E-state index in [1.54, 1.807) is 11.2 Å². The van der Waals surface area contributed by atoms with Gasteiger partial charge in [0.1, 0.15) is 12.6 Å². The molecule has 2 aromatic rings. The highest BCUT2D eigenvalue weighted by Gasteiger charge is 2.34. The maximum absolute atomic E-state index is 12.6. The molecule has 0 fully saturated rings. The Morgan fingerprint density at radius 3 is 2.88 bits per heavy atom. The van der Waals surface area contributed by atoms with Crippen LogP contribution in [0.1, 0.15) is 23.0 Å². The number of halogens is 1. The maximum Gasteiger partial charge on any atom is 0.325 e. The van der Waals surface area contributed by atoms with Crippen LogP contribution in [0.3, 0.4) is 0 Å². The Bertz CT molecular complexity index is 744. The minimum atomic E-state index is -0.485. The number of hydrogen-bond donors (Lipinski definition) is 2. The Hall–Kier alpha value is -2.35. The van der Waals surface area contributed by atoms with Crippen molar-refractivity contribution in [1.82, 2.24) is 20.2 Å². The molecule has 2 heterocycles. The number of aromatic nitrogens is 2. The van der Waals surface area contributed by atoms with Crippen molar-refractivity contribution in [3.8, 4) is 0 Å². The molecule has 3 rings (SSSR count). The summed E-state index contributed by atoms with van der Waals surface area (Å²) < 4.78 is 5.53. The van der Waals surface area contributed by atoms with Gasteiger partial charge in [0, 0.05) is 23.1 Å². The number of rotatable bonds is 3. The Morgan fingerprint density at radius 2 is 2.17 bits per heavy atom. The van der Waals surface area contributed by atoms with Gasteiger partial charge in [-0.2, -0.15) is 0 Å². The third-order valence-corrected chi connectivity index (χ3v) is 4.51. The second-order valence-corrected chi connectivity index (χ2v) is 6.31. The number of carbonyl (C=O) groups is 2. The maximum atomic E-state index is 12.6. The first kappa shape index (κ1) is 16.5. The zero-order chi connectivity index (χ0) is 17.1. The van der Waals surface area contributed by atoms with Crippen molar-refractivity contribution in [2.24, 2.45) is 0 Å².